The Kier molecular flexibility index (Phi) is 1.81. The van der Waals surface area contributed by atoms with E-state index >= 15 is 0 Å². The van der Waals surface area contributed by atoms with Gasteiger partial charge >= 0.3 is 0 Å². The van der Waals surface area contributed by atoms with E-state index in [2.05, 4.69) is 11.3 Å². The molecule has 0 atom stereocenters. The van der Waals surface area contributed by atoms with Crippen LogP contribution in [0.3, 0.4) is 0 Å². The van der Waals surface area contributed by atoms with Crippen molar-refractivity contribution in [1.82, 2.24) is 9.78 Å². The fourth-order valence-corrected chi connectivity index (χ4v) is 1.04. The molecular weight excluding hydrogens is 162 g/mol. The molecule has 13 heavy (non-hydrogen) atoms. The highest BCUT2D eigenvalue weighted by Gasteiger charge is 1.98. The Morgan fingerprint density at radius 3 is 2.69 bits per heavy atom. The molecule has 61 valence electrons. The molecule has 3 heteroatoms. The van der Waals surface area contributed by atoms with E-state index < -0.39 is 0 Å². The number of nitriles is 1. The molecule has 0 amide bonds. The lowest BCUT2D eigenvalue weighted by Gasteiger charge is -1.97. The van der Waals surface area contributed by atoms with Crippen LogP contribution in [-0.2, 0) is 0 Å². The molecule has 1 aromatic carbocycles. The van der Waals surface area contributed by atoms with Gasteiger partial charge in [0.15, 0.2) is 0 Å². The second kappa shape index (κ2) is 3.11. The van der Waals surface area contributed by atoms with Gasteiger partial charge in [0.1, 0.15) is 17.8 Å². The molecule has 1 aromatic heterocycles. The average Bonchev–Trinajstić information content (AvgIpc) is 2.67. The molecule has 0 N–H and O–H groups in total. The van der Waals surface area contributed by atoms with Crippen molar-refractivity contribution in [2.45, 2.75) is 0 Å². The third kappa shape index (κ3) is 1.42. The predicted molar refractivity (Wildman–Crippen MR) is 47.1 cm³/mol. The summed E-state index contributed by atoms with van der Waals surface area (Å²) >= 11 is 0. The van der Waals surface area contributed by atoms with Crippen LogP contribution in [0, 0.1) is 17.5 Å². The van der Waals surface area contributed by atoms with Crippen molar-refractivity contribution in [2.75, 3.05) is 0 Å². The minimum absolute atomic E-state index is 0.448. The molecule has 1 radical (unpaired) electrons. The standard InChI is InChI=1S/C10H6N3/c11-6-9-7-12-13(8-9)10-4-2-1-3-5-10/h1-5,7H. The van der Waals surface area contributed by atoms with Crippen molar-refractivity contribution in [3.8, 4) is 11.8 Å². The molecule has 2 aromatic rings. The first-order valence-electron chi connectivity index (χ1n) is 3.83. The molecule has 0 bridgehead atoms. The predicted octanol–water partition coefficient (Wildman–Crippen LogP) is 1.54. The number of aromatic nitrogens is 2. The summed E-state index contributed by atoms with van der Waals surface area (Å²) in [7, 11) is 0. The Bertz CT molecular complexity index is 437. The number of rotatable bonds is 1. The Balaban J connectivity index is 2.43. The first-order valence-corrected chi connectivity index (χ1v) is 3.83. The van der Waals surface area contributed by atoms with Crippen LogP contribution in [0.4, 0.5) is 0 Å². The van der Waals surface area contributed by atoms with Gasteiger partial charge in [0.25, 0.3) is 0 Å². The molecule has 1 heterocycles. The second-order valence-corrected chi connectivity index (χ2v) is 2.53. The first-order chi connectivity index (χ1) is 6.40. The van der Waals surface area contributed by atoms with Crippen LogP contribution in [0.15, 0.2) is 36.5 Å². The van der Waals surface area contributed by atoms with Crippen molar-refractivity contribution in [3.63, 3.8) is 0 Å². The summed E-state index contributed by atoms with van der Waals surface area (Å²) < 4.78 is 1.55. The first kappa shape index (κ1) is 7.56. The summed E-state index contributed by atoms with van der Waals surface area (Å²) in [6.45, 7) is 0. The number of nitrogens with zero attached hydrogens (tertiary/aromatic N) is 3. The van der Waals surface area contributed by atoms with Crippen LogP contribution in [0.2, 0.25) is 0 Å². The van der Waals surface area contributed by atoms with Gasteiger partial charge in [-0.1, -0.05) is 18.2 Å². The van der Waals surface area contributed by atoms with Gasteiger partial charge in [0.05, 0.1) is 11.9 Å². The Labute approximate surface area is 75.9 Å². The summed E-state index contributed by atoms with van der Waals surface area (Å²) in [5.41, 5.74) is 1.35. The van der Waals surface area contributed by atoms with Crippen molar-refractivity contribution in [1.29, 1.82) is 5.26 Å². The van der Waals surface area contributed by atoms with Crippen LogP contribution in [-0.4, -0.2) is 9.78 Å². The third-order valence-corrected chi connectivity index (χ3v) is 1.65. The van der Waals surface area contributed by atoms with Gasteiger partial charge < -0.3 is 0 Å². The fraction of sp³-hybridized carbons (Fsp3) is 0. The smallest absolute Gasteiger partial charge is 0.112 e. The molecule has 0 saturated heterocycles. The zero-order chi connectivity index (χ0) is 9.10. The summed E-state index contributed by atoms with van der Waals surface area (Å²) in [6.07, 6.45) is 4.32. The van der Waals surface area contributed by atoms with E-state index in [1.54, 1.807) is 4.68 Å². The molecule has 0 unspecified atom stereocenters. The topological polar surface area (TPSA) is 41.6 Å². The lowest BCUT2D eigenvalue weighted by atomic mass is 10.3. The zero-order valence-electron chi connectivity index (χ0n) is 6.81. The van der Waals surface area contributed by atoms with Gasteiger partial charge in [0.2, 0.25) is 0 Å². The normalized spacial score (nSPS) is 9.46. The molecule has 2 rings (SSSR count). The van der Waals surface area contributed by atoms with Crippen molar-refractivity contribution in [2.24, 2.45) is 0 Å². The SMILES string of the molecule is N#Cc1[c]n(-c2ccccc2)nc1. The molecular formula is C10H6N3. The van der Waals surface area contributed by atoms with Crippen LogP contribution in [0.25, 0.3) is 5.69 Å². The van der Waals surface area contributed by atoms with Crippen molar-refractivity contribution < 1.29 is 0 Å². The van der Waals surface area contributed by atoms with Crippen LogP contribution in [0.5, 0.6) is 0 Å². The minimum Gasteiger partial charge on any atom is -0.230 e. The van der Waals surface area contributed by atoms with E-state index in [1.807, 2.05) is 36.4 Å². The van der Waals surface area contributed by atoms with Crippen molar-refractivity contribution >= 4 is 0 Å². The lowest BCUT2D eigenvalue weighted by molar-refractivity contribution is 0.874. The van der Waals surface area contributed by atoms with Crippen LogP contribution < -0.4 is 0 Å². The summed E-state index contributed by atoms with van der Waals surface area (Å²) in [4.78, 5) is 0. The van der Waals surface area contributed by atoms with Gasteiger partial charge in [0, 0.05) is 0 Å². The molecule has 0 aliphatic rings. The van der Waals surface area contributed by atoms with E-state index in [-0.39, 0.29) is 0 Å². The zero-order valence-corrected chi connectivity index (χ0v) is 6.81. The molecule has 0 aliphatic heterocycles. The van der Waals surface area contributed by atoms with Gasteiger partial charge in [-0.2, -0.15) is 10.4 Å². The summed E-state index contributed by atoms with van der Waals surface area (Å²) in [6, 6.07) is 11.5. The summed E-state index contributed by atoms with van der Waals surface area (Å²) in [5.74, 6) is 0. The lowest BCUT2D eigenvalue weighted by Crippen LogP contribution is -1.92. The van der Waals surface area contributed by atoms with Gasteiger partial charge in [-0.25, -0.2) is 4.68 Å². The van der Waals surface area contributed by atoms with Gasteiger partial charge in [-0.05, 0) is 12.1 Å². The van der Waals surface area contributed by atoms with Crippen molar-refractivity contribution in [3.05, 3.63) is 48.3 Å². The van der Waals surface area contributed by atoms with Gasteiger partial charge in [-0.3, -0.25) is 0 Å². The maximum atomic E-state index is 8.56. The maximum absolute atomic E-state index is 8.56. The average molecular weight is 168 g/mol. The molecule has 3 nitrogen and oxygen atoms in total. The number of hydrogen-bond donors (Lipinski definition) is 0. The maximum Gasteiger partial charge on any atom is 0.112 e. The van der Waals surface area contributed by atoms with Crippen LogP contribution in [0.1, 0.15) is 5.56 Å². The van der Waals surface area contributed by atoms with E-state index in [9.17, 15) is 0 Å². The summed E-state index contributed by atoms with van der Waals surface area (Å²) in [5, 5.41) is 12.6. The van der Waals surface area contributed by atoms with Crippen LogP contribution >= 0.6 is 0 Å². The monoisotopic (exact) mass is 168 g/mol. The second-order valence-electron chi connectivity index (χ2n) is 2.53. The fourth-order valence-electron chi connectivity index (χ4n) is 1.04. The minimum atomic E-state index is 0.448. The highest BCUT2D eigenvalue weighted by atomic mass is 15.3. The molecule has 0 spiro atoms. The van der Waals surface area contributed by atoms with Gasteiger partial charge in [-0.15, -0.1) is 0 Å². The van der Waals surface area contributed by atoms with E-state index in [0.717, 1.165) is 5.69 Å². The Hall–Kier alpha value is -2.08. The van der Waals surface area contributed by atoms with E-state index in [1.165, 1.54) is 6.20 Å². The highest BCUT2D eigenvalue weighted by molar-refractivity contribution is 5.32. The number of benzene rings is 1. The Morgan fingerprint density at radius 1 is 1.31 bits per heavy atom. The van der Waals surface area contributed by atoms with E-state index in [0.29, 0.717) is 5.56 Å². The quantitative estimate of drug-likeness (QED) is 0.648. The highest BCUT2D eigenvalue weighted by Crippen LogP contribution is 2.05. The number of hydrogen-bond acceptors (Lipinski definition) is 2. The molecule has 0 saturated carbocycles. The molecule has 0 aliphatic carbocycles. The van der Waals surface area contributed by atoms with E-state index in [4.69, 9.17) is 5.26 Å². The molecule has 0 fully saturated rings. The largest absolute Gasteiger partial charge is 0.230 e. The number of para-hydroxylation sites is 1. The Morgan fingerprint density at radius 2 is 2.08 bits per heavy atom. The third-order valence-electron chi connectivity index (χ3n) is 1.65.